The van der Waals surface area contributed by atoms with Crippen LogP contribution in [-0.2, 0) is 34.0 Å². The number of benzene rings is 2. The molecule has 0 aromatic heterocycles. The highest BCUT2D eigenvalue weighted by atomic mass is 31.1. The van der Waals surface area contributed by atoms with Gasteiger partial charge in [0.15, 0.2) is 24.8 Å². The highest BCUT2D eigenvalue weighted by Gasteiger charge is 2.30. The van der Waals surface area contributed by atoms with Crippen molar-refractivity contribution < 1.29 is 23.2 Å². The van der Waals surface area contributed by atoms with E-state index in [1.54, 1.807) is 0 Å². The van der Waals surface area contributed by atoms with Crippen molar-refractivity contribution in [1.29, 1.82) is 0 Å². The van der Waals surface area contributed by atoms with E-state index in [9.17, 15) is 14.2 Å². The van der Waals surface area contributed by atoms with Crippen molar-refractivity contribution in [2.45, 2.75) is 51.4 Å². The molecule has 0 aliphatic rings. The molecule has 0 saturated heterocycles. The maximum atomic E-state index is 12.2. The second-order valence-electron chi connectivity index (χ2n) is 8.70. The van der Waals surface area contributed by atoms with Gasteiger partial charge in [-0.1, -0.05) is 88.4 Å². The Morgan fingerprint density at radius 3 is 1.37 bits per heavy atom. The van der Waals surface area contributed by atoms with Gasteiger partial charge in [-0.2, -0.15) is 0 Å². The van der Waals surface area contributed by atoms with Gasteiger partial charge in [0.05, 0.1) is 0 Å². The largest absolute Gasteiger partial charge is 0.698 e. The molecule has 160 valence electrons. The van der Waals surface area contributed by atoms with Gasteiger partial charge in [-0.05, 0) is 22.0 Å². The summed E-state index contributed by atoms with van der Waals surface area (Å²) in [5.41, 5.74) is 1.39. The van der Waals surface area contributed by atoms with E-state index < -0.39 is 8.25 Å². The standard InChI is InChI=1S/C24H30O5P/c1-23(2,19-11-7-5-8-12-19)15-21(25)17-28-30(27)29-18-22(26)16-24(3,4)20-13-9-6-10-14-20/h5-14H,15-18H2,1-4H3/q+1. The first-order chi connectivity index (χ1) is 14.1. The van der Waals surface area contributed by atoms with Crippen LogP contribution in [0.15, 0.2) is 60.7 Å². The van der Waals surface area contributed by atoms with Crippen molar-refractivity contribution in [3.8, 4) is 0 Å². The Morgan fingerprint density at radius 1 is 0.700 bits per heavy atom. The first kappa shape index (κ1) is 24.1. The highest BCUT2D eigenvalue weighted by Crippen LogP contribution is 2.30. The van der Waals surface area contributed by atoms with Crippen molar-refractivity contribution in [2.75, 3.05) is 13.2 Å². The molecule has 6 heteroatoms. The lowest BCUT2D eigenvalue weighted by atomic mass is 9.80. The average Bonchev–Trinajstić information content (AvgIpc) is 2.71. The van der Waals surface area contributed by atoms with Crippen LogP contribution in [0, 0.1) is 0 Å². The second-order valence-corrected chi connectivity index (χ2v) is 9.66. The number of hydrogen-bond acceptors (Lipinski definition) is 5. The van der Waals surface area contributed by atoms with Crippen LogP contribution < -0.4 is 0 Å². The number of ketones is 2. The molecule has 0 fully saturated rings. The lowest BCUT2D eigenvalue weighted by molar-refractivity contribution is -0.122. The van der Waals surface area contributed by atoms with Crippen LogP contribution in [0.3, 0.4) is 0 Å². The minimum Gasteiger partial charge on any atom is -0.297 e. The van der Waals surface area contributed by atoms with Crippen molar-refractivity contribution in [3.05, 3.63) is 71.8 Å². The highest BCUT2D eigenvalue weighted by molar-refractivity contribution is 7.33. The van der Waals surface area contributed by atoms with Gasteiger partial charge < -0.3 is 0 Å². The molecule has 0 unspecified atom stereocenters. The minimum atomic E-state index is -2.53. The fraction of sp³-hybridized carbons (Fsp3) is 0.417. The smallest absolute Gasteiger partial charge is 0.297 e. The number of Topliss-reactive ketones (excluding diaryl/α,β-unsaturated/α-hetero) is 2. The van der Waals surface area contributed by atoms with Crippen LogP contribution in [0.5, 0.6) is 0 Å². The number of hydrogen-bond donors (Lipinski definition) is 0. The molecule has 0 saturated carbocycles. The Labute approximate surface area is 179 Å². The Kier molecular flexibility index (Phi) is 8.60. The van der Waals surface area contributed by atoms with E-state index in [1.807, 2.05) is 88.4 Å². The monoisotopic (exact) mass is 429 g/mol. The summed E-state index contributed by atoms with van der Waals surface area (Å²) in [4.78, 5) is 24.5. The number of carbonyl (C=O) groups is 2. The normalized spacial score (nSPS) is 11.9. The van der Waals surface area contributed by atoms with Gasteiger partial charge in [-0.15, -0.1) is 9.05 Å². The number of rotatable bonds is 12. The van der Waals surface area contributed by atoms with Crippen molar-refractivity contribution in [3.63, 3.8) is 0 Å². The molecule has 0 amide bonds. The zero-order valence-electron chi connectivity index (χ0n) is 18.1. The summed E-state index contributed by atoms with van der Waals surface area (Å²) < 4.78 is 22.0. The molecular weight excluding hydrogens is 399 g/mol. The maximum Gasteiger partial charge on any atom is 0.698 e. The first-order valence-corrected chi connectivity index (χ1v) is 11.1. The predicted molar refractivity (Wildman–Crippen MR) is 118 cm³/mol. The van der Waals surface area contributed by atoms with E-state index in [0.29, 0.717) is 0 Å². The third kappa shape index (κ3) is 7.56. The Morgan fingerprint density at radius 2 is 1.03 bits per heavy atom. The van der Waals surface area contributed by atoms with Crippen LogP contribution in [0.4, 0.5) is 0 Å². The molecule has 2 aromatic carbocycles. The maximum absolute atomic E-state index is 12.2. The summed E-state index contributed by atoms with van der Waals surface area (Å²) in [5.74, 6) is -0.348. The lowest BCUT2D eigenvalue weighted by Gasteiger charge is -2.24. The molecule has 2 rings (SSSR count). The van der Waals surface area contributed by atoms with Crippen LogP contribution in [0.25, 0.3) is 0 Å². The third-order valence-electron chi connectivity index (χ3n) is 5.05. The molecule has 0 aliphatic heterocycles. The van der Waals surface area contributed by atoms with Gasteiger partial charge in [0, 0.05) is 17.4 Å². The van der Waals surface area contributed by atoms with Crippen molar-refractivity contribution in [1.82, 2.24) is 0 Å². The van der Waals surface area contributed by atoms with Crippen LogP contribution in [0.1, 0.15) is 51.7 Å². The zero-order valence-corrected chi connectivity index (χ0v) is 19.0. The molecule has 0 aliphatic carbocycles. The molecule has 0 spiro atoms. The lowest BCUT2D eigenvalue weighted by Crippen LogP contribution is -2.24. The van der Waals surface area contributed by atoms with Crippen LogP contribution >= 0.6 is 8.25 Å². The molecule has 30 heavy (non-hydrogen) atoms. The molecule has 0 atom stereocenters. The van der Waals surface area contributed by atoms with E-state index in [4.69, 9.17) is 9.05 Å². The van der Waals surface area contributed by atoms with E-state index in [-0.39, 0.29) is 48.5 Å². The van der Waals surface area contributed by atoms with E-state index in [0.717, 1.165) is 11.1 Å². The molecular formula is C24H30O5P+. The molecule has 0 heterocycles. The third-order valence-corrected chi connectivity index (χ3v) is 5.73. The van der Waals surface area contributed by atoms with Gasteiger partial charge >= 0.3 is 8.25 Å². The van der Waals surface area contributed by atoms with Gasteiger partial charge in [-0.3, -0.25) is 9.59 Å². The van der Waals surface area contributed by atoms with Crippen LogP contribution in [-0.4, -0.2) is 24.8 Å². The molecule has 2 aromatic rings. The van der Waals surface area contributed by atoms with Gasteiger partial charge in [0.2, 0.25) is 0 Å². The second kappa shape index (κ2) is 10.7. The van der Waals surface area contributed by atoms with E-state index in [1.165, 1.54) is 0 Å². The van der Waals surface area contributed by atoms with E-state index in [2.05, 4.69) is 0 Å². The SMILES string of the molecule is CC(C)(CC(=O)CO[P+](=O)OCC(=O)CC(C)(C)c1ccccc1)c1ccccc1. The van der Waals surface area contributed by atoms with E-state index >= 15 is 0 Å². The topological polar surface area (TPSA) is 69.7 Å². The Hall–Kier alpha value is -2.20. The predicted octanol–water partition coefficient (Wildman–Crippen LogP) is 5.55. The molecule has 5 nitrogen and oxygen atoms in total. The molecule has 0 bridgehead atoms. The quantitative estimate of drug-likeness (QED) is 0.414. The summed E-state index contributed by atoms with van der Waals surface area (Å²) in [6.07, 6.45) is 0.509. The van der Waals surface area contributed by atoms with Crippen LogP contribution in [0.2, 0.25) is 0 Å². The number of carbonyl (C=O) groups excluding carboxylic acids is 2. The van der Waals surface area contributed by atoms with Gasteiger partial charge in [-0.25, -0.2) is 0 Å². The molecule has 0 N–H and O–H groups in total. The van der Waals surface area contributed by atoms with Gasteiger partial charge in [0.1, 0.15) is 0 Å². The zero-order chi connectivity index (χ0) is 22.2. The summed E-state index contributed by atoms with van der Waals surface area (Å²) >= 11 is 0. The minimum absolute atomic E-state index is 0.174. The fourth-order valence-corrected chi connectivity index (χ4v) is 3.93. The Bertz CT molecular complexity index is 788. The summed E-state index contributed by atoms with van der Waals surface area (Å²) in [7, 11) is -2.53. The fourth-order valence-electron chi connectivity index (χ4n) is 3.36. The van der Waals surface area contributed by atoms with Crippen molar-refractivity contribution in [2.24, 2.45) is 0 Å². The van der Waals surface area contributed by atoms with Gasteiger partial charge in [0.25, 0.3) is 0 Å². The first-order valence-electron chi connectivity index (χ1n) is 9.98. The summed E-state index contributed by atoms with van der Waals surface area (Å²) in [6, 6.07) is 19.5. The molecule has 0 radical (unpaired) electrons. The Balaban J connectivity index is 1.74. The summed E-state index contributed by atoms with van der Waals surface area (Å²) in [5, 5.41) is 0. The van der Waals surface area contributed by atoms with Crippen molar-refractivity contribution >= 4 is 19.8 Å². The average molecular weight is 429 g/mol. The summed E-state index contributed by atoms with van der Waals surface area (Å²) in [6.45, 7) is 7.28.